The first-order valence-electron chi connectivity index (χ1n) is 11.0. The van der Waals surface area contributed by atoms with Crippen molar-refractivity contribution >= 4 is 52.1 Å². The van der Waals surface area contributed by atoms with Crippen molar-refractivity contribution < 1.29 is 0 Å². The van der Waals surface area contributed by atoms with E-state index in [2.05, 4.69) is 106 Å². The molecule has 8 bridgehead atoms. The lowest BCUT2D eigenvalue weighted by Crippen LogP contribution is -2.07. The Bertz CT molecular complexity index is 1490. The van der Waals surface area contributed by atoms with Crippen LogP contribution in [0.25, 0.3) is 57.5 Å². The third-order valence-electron chi connectivity index (χ3n) is 5.89. The van der Waals surface area contributed by atoms with Crippen LogP contribution < -0.4 is 4.90 Å². The van der Waals surface area contributed by atoms with E-state index in [9.17, 15) is 0 Å². The molecule has 0 saturated carbocycles. The quantitative estimate of drug-likeness (QED) is 0.335. The molecule has 1 aromatic carbocycles. The van der Waals surface area contributed by atoms with Crippen molar-refractivity contribution in [3.63, 3.8) is 0 Å². The molecule has 0 radical (unpaired) electrons. The summed E-state index contributed by atoms with van der Waals surface area (Å²) < 4.78 is 0. The predicted octanol–water partition coefficient (Wildman–Crippen LogP) is 6.39. The average molecular weight is 430 g/mol. The van der Waals surface area contributed by atoms with Gasteiger partial charge in [0.15, 0.2) is 0 Å². The molecule has 3 aromatic heterocycles. The number of benzene rings is 1. The molecule has 2 aliphatic rings. The Balaban J connectivity index is 1.66. The van der Waals surface area contributed by atoms with E-state index in [0.29, 0.717) is 0 Å². The predicted molar refractivity (Wildman–Crippen MR) is 139 cm³/mol. The van der Waals surface area contributed by atoms with Crippen molar-refractivity contribution in [2.24, 2.45) is 0 Å². The van der Waals surface area contributed by atoms with Crippen LogP contribution in [0.2, 0.25) is 0 Å². The number of aromatic nitrogens is 4. The molecular weight excluding hydrogens is 406 g/mol. The number of hydrogen-bond acceptors (Lipinski definition) is 3. The molecule has 0 amide bonds. The van der Waals surface area contributed by atoms with Crippen LogP contribution in [0.4, 0.5) is 5.69 Å². The summed E-state index contributed by atoms with van der Waals surface area (Å²) in [6, 6.07) is 23.1. The van der Waals surface area contributed by atoms with Crippen LogP contribution in [-0.4, -0.2) is 34.0 Å². The number of nitrogens with one attached hydrogen (secondary N) is 2. The van der Waals surface area contributed by atoms with Gasteiger partial charge in [0.1, 0.15) is 0 Å². The summed E-state index contributed by atoms with van der Waals surface area (Å²) in [5.41, 5.74) is 11.0. The van der Waals surface area contributed by atoms with Crippen LogP contribution in [0.5, 0.6) is 0 Å². The number of fused-ring (bicyclic) bond motifs is 8. The Morgan fingerprint density at radius 3 is 1.55 bits per heavy atom. The minimum Gasteiger partial charge on any atom is -0.378 e. The lowest BCUT2D eigenvalue weighted by molar-refractivity contribution is 1.13. The van der Waals surface area contributed by atoms with Crippen LogP contribution >= 0.6 is 0 Å². The second kappa shape index (κ2) is 7.64. The molecule has 33 heavy (non-hydrogen) atoms. The van der Waals surface area contributed by atoms with Crippen LogP contribution in [0.3, 0.4) is 0 Å². The van der Waals surface area contributed by atoms with Gasteiger partial charge >= 0.3 is 0 Å². The highest BCUT2D eigenvalue weighted by molar-refractivity contribution is 5.89. The van der Waals surface area contributed by atoms with Crippen molar-refractivity contribution in [3.05, 3.63) is 89.5 Å². The number of aromatic amines is 2. The summed E-state index contributed by atoms with van der Waals surface area (Å²) in [6.07, 6.45) is 8.26. The SMILES string of the molecule is CN(C)c1ccc(-c2c3nc(cc4ccc(cc5ccc(cc6nc2C=C6)[nH]5)[nH]4)C=C3)cc1. The average Bonchev–Trinajstić information content (AvgIpc) is 3.60. The zero-order valence-corrected chi connectivity index (χ0v) is 18.5. The summed E-state index contributed by atoms with van der Waals surface area (Å²) in [7, 11) is 4.10. The van der Waals surface area contributed by atoms with Gasteiger partial charge in [-0.25, -0.2) is 9.97 Å². The molecule has 5 heterocycles. The number of nitrogens with zero attached hydrogens (tertiary/aromatic N) is 3. The summed E-state index contributed by atoms with van der Waals surface area (Å²) >= 11 is 0. The summed E-state index contributed by atoms with van der Waals surface area (Å²) in [5, 5.41) is 0. The van der Waals surface area contributed by atoms with Gasteiger partial charge in [0.05, 0.1) is 22.8 Å². The third-order valence-corrected chi connectivity index (χ3v) is 5.89. The molecular formula is C28H23N5. The highest BCUT2D eigenvalue weighted by atomic mass is 15.1. The summed E-state index contributed by atoms with van der Waals surface area (Å²) in [6.45, 7) is 0. The Hall–Kier alpha value is -4.38. The van der Waals surface area contributed by atoms with Crippen LogP contribution in [0.15, 0.2) is 66.7 Å². The van der Waals surface area contributed by atoms with Gasteiger partial charge in [-0.2, -0.15) is 0 Å². The van der Waals surface area contributed by atoms with E-state index < -0.39 is 0 Å². The highest BCUT2D eigenvalue weighted by Gasteiger charge is 2.14. The molecule has 2 aliphatic heterocycles. The van der Waals surface area contributed by atoms with Gasteiger partial charge < -0.3 is 14.9 Å². The van der Waals surface area contributed by atoms with Gasteiger partial charge in [0, 0.05) is 47.4 Å². The van der Waals surface area contributed by atoms with E-state index in [0.717, 1.165) is 61.7 Å². The molecule has 160 valence electrons. The van der Waals surface area contributed by atoms with E-state index in [4.69, 9.17) is 9.97 Å². The minimum atomic E-state index is 0.911. The fraction of sp³-hybridized carbons (Fsp3) is 0.0714. The Labute approximate surface area is 191 Å². The molecule has 0 fully saturated rings. The number of hydrogen-bond donors (Lipinski definition) is 2. The molecule has 0 unspecified atom stereocenters. The molecule has 5 nitrogen and oxygen atoms in total. The maximum Gasteiger partial charge on any atom is 0.0737 e. The topological polar surface area (TPSA) is 60.6 Å². The van der Waals surface area contributed by atoms with E-state index in [1.54, 1.807) is 0 Å². The lowest BCUT2D eigenvalue weighted by atomic mass is 10.0. The first-order chi connectivity index (χ1) is 16.1. The molecule has 0 saturated heterocycles. The normalized spacial score (nSPS) is 12.3. The monoisotopic (exact) mass is 429 g/mol. The lowest BCUT2D eigenvalue weighted by Gasteiger charge is -2.13. The molecule has 6 rings (SSSR count). The molecule has 5 heteroatoms. The van der Waals surface area contributed by atoms with Crippen molar-refractivity contribution in [3.8, 4) is 11.1 Å². The minimum absolute atomic E-state index is 0.911. The van der Waals surface area contributed by atoms with Crippen molar-refractivity contribution in [2.45, 2.75) is 0 Å². The number of anilines is 1. The zero-order chi connectivity index (χ0) is 22.4. The van der Waals surface area contributed by atoms with E-state index in [1.807, 2.05) is 14.1 Å². The molecule has 2 N–H and O–H groups in total. The van der Waals surface area contributed by atoms with Crippen LogP contribution in [0, 0.1) is 0 Å². The zero-order valence-electron chi connectivity index (χ0n) is 18.5. The van der Waals surface area contributed by atoms with Gasteiger partial charge in [-0.3, -0.25) is 0 Å². The Morgan fingerprint density at radius 1 is 0.576 bits per heavy atom. The van der Waals surface area contributed by atoms with E-state index in [-0.39, 0.29) is 0 Å². The standard InChI is InChI=1S/C28H23N5/c1-33(2)25-11-3-18(4-12-25)28-26-13-9-23(31-26)16-21-7-5-19(29-21)15-20-6-8-22(30-20)17-24-10-14-27(28)32-24/h3-17,29-30H,1-2H3. The van der Waals surface area contributed by atoms with Crippen LogP contribution in [-0.2, 0) is 0 Å². The highest BCUT2D eigenvalue weighted by Crippen LogP contribution is 2.32. The van der Waals surface area contributed by atoms with Gasteiger partial charge in [0.25, 0.3) is 0 Å². The van der Waals surface area contributed by atoms with Gasteiger partial charge in [0.2, 0.25) is 0 Å². The summed E-state index contributed by atoms with van der Waals surface area (Å²) in [4.78, 5) is 18.9. The Morgan fingerprint density at radius 2 is 1.06 bits per heavy atom. The van der Waals surface area contributed by atoms with Crippen molar-refractivity contribution in [1.82, 2.24) is 19.9 Å². The smallest absolute Gasteiger partial charge is 0.0737 e. The summed E-state index contributed by atoms with van der Waals surface area (Å²) in [5.74, 6) is 0. The van der Waals surface area contributed by atoms with E-state index >= 15 is 0 Å². The van der Waals surface area contributed by atoms with Crippen molar-refractivity contribution in [2.75, 3.05) is 19.0 Å². The molecule has 0 aliphatic carbocycles. The van der Waals surface area contributed by atoms with Gasteiger partial charge in [-0.15, -0.1) is 0 Å². The largest absolute Gasteiger partial charge is 0.378 e. The molecule has 4 aromatic rings. The van der Waals surface area contributed by atoms with Gasteiger partial charge in [-0.1, -0.05) is 12.1 Å². The maximum absolute atomic E-state index is 4.94. The van der Waals surface area contributed by atoms with Crippen LogP contribution in [0.1, 0.15) is 22.8 Å². The van der Waals surface area contributed by atoms with E-state index in [1.165, 1.54) is 0 Å². The van der Waals surface area contributed by atoms with Crippen molar-refractivity contribution in [1.29, 1.82) is 0 Å². The Kier molecular flexibility index (Phi) is 4.47. The number of rotatable bonds is 2. The molecule has 0 spiro atoms. The fourth-order valence-corrected chi connectivity index (χ4v) is 4.23. The first kappa shape index (κ1) is 19.3. The first-order valence-corrected chi connectivity index (χ1v) is 11.0. The third kappa shape index (κ3) is 3.74. The molecule has 0 atom stereocenters. The fourth-order valence-electron chi connectivity index (χ4n) is 4.23. The van der Waals surface area contributed by atoms with Gasteiger partial charge in [-0.05, 0) is 84.5 Å². The maximum atomic E-state index is 4.94. The second-order valence-electron chi connectivity index (χ2n) is 8.50. The second-order valence-corrected chi connectivity index (χ2v) is 8.50. The number of H-pyrrole nitrogens is 2.